The number of hydrogen-bond donors (Lipinski definition) is 0. The standard InChI is InChI=1S/C24H22N2O2/c1-2-16-28-21-14-9-15-26-22(21)25-23(27)24(26,17-19-10-5-3-6-11-19)18-20-12-7-4-8-13-20/h2-16H,17-18H2,1H3. The highest BCUT2D eigenvalue weighted by Crippen LogP contribution is 2.36. The van der Waals surface area contributed by atoms with Gasteiger partial charge in [0.1, 0.15) is 5.54 Å². The maximum Gasteiger partial charge on any atom is 0.274 e. The van der Waals surface area contributed by atoms with Gasteiger partial charge in [-0.1, -0.05) is 66.7 Å². The molecular weight excluding hydrogens is 348 g/mol. The van der Waals surface area contributed by atoms with Crippen LogP contribution in [0.4, 0.5) is 0 Å². The van der Waals surface area contributed by atoms with Crippen LogP contribution in [0.1, 0.15) is 18.1 Å². The Balaban J connectivity index is 1.75. The molecule has 0 fully saturated rings. The summed E-state index contributed by atoms with van der Waals surface area (Å²) < 4.78 is 5.69. The highest BCUT2D eigenvalue weighted by atomic mass is 16.5. The average molecular weight is 370 g/mol. The van der Waals surface area contributed by atoms with E-state index < -0.39 is 5.54 Å². The molecule has 0 atom stereocenters. The minimum absolute atomic E-state index is 0.142. The molecule has 1 amide bonds. The van der Waals surface area contributed by atoms with Gasteiger partial charge in [-0.15, -0.1) is 0 Å². The zero-order valence-electron chi connectivity index (χ0n) is 15.8. The minimum atomic E-state index is -0.812. The summed E-state index contributed by atoms with van der Waals surface area (Å²) >= 11 is 0. The fourth-order valence-electron chi connectivity index (χ4n) is 3.72. The minimum Gasteiger partial charge on any atom is -0.461 e. The molecule has 0 aliphatic carbocycles. The Kier molecular flexibility index (Phi) is 4.94. The topological polar surface area (TPSA) is 41.9 Å². The van der Waals surface area contributed by atoms with E-state index in [1.165, 1.54) is 0 Å². The number of amidine groups is 1. The van der Waals surface area contributed by atoms with Crippen LogP contribution >= 0.6 is 0 Å². The molecule has 0 unspecified atom stereocenters. The SMILES string of the molecule is CC=COC1=CC=CN2C1=NC(=O)C2(Cc1ccccc1)Cc1ccccc1. The van der Waals surface area contributed by atoms with Crippen molar-refractivity contribution in [2.45, 2.75) is 25.3 Å². The number of ether oxygens (including phenoxy) is 1. The second-order valence-electron chi connectivity index (χ2n) is 6.93. The zero-order valence-corrected chi connectivity index (χ0v) is 15.8. The van der Waals surface area contributed by atoms with Crippen LogP contribution in [0.5, 0.6) is 0 Å². The summed E-state index contributed by atoms with van der Waals surface area (Å²) in [6, 6.07) is 20.2. The zero-order chi connectivity index (χ0) is 19.4. The fourth-order valence-corrected chi connectivity index (χ4v) is 3.72. The van der Waals surface area contributed by atoms with Crippen molar-refractivity contribution in [3.63, 3.8) is 0 Å². The van der Waals surface area contributed by atoms with E-state index in [9.17, 15) is 4.79 Å². The first kappa shape index (κ1) is 18.0. The van der Waals surface area contributed by atoms with Gasteiger partial charge in [-0.2, -0.15) is 4.99 Å². The van der Waals surface area contributed by atoms with Crippen LogP contribution in [0.3, 0.4) is 0 Å². The summed E-state index contributed by atoms with van der Waals surface area (Å²) in [4.78, 5) is 19.7. The number of rotatable bonds is 6. The molecule has 28 heavy (non-hydrogen) atoms. The number of nitrogens with zero attached hydrogens (tertiary/aromatic N) is 2. The van der Waals surface area contributed by atoms with Crippen molar-refractivity contribution < 1.29 is 9.53 Å². The van der Waals surface area contributed by atoms with Crippen molar-refractivity contribution in [3.8, 4) is 0 Å². The van der Waals surface area contributed by atoms with Crippen molar-refractivity contribution in [1.29, 1.82) is 0 Å². The highest BCUT2D eigenvalue weighted by molar-refractivity contribution is 6.14. The molecular formula is C24H22N2O2. The summed E-state index contributed by atoms with van der Waals surface area (Å²) in [5, 5.41) is 0. The Labute approximate surface area is 165 Å². The van der Waals surface area contributed by atoms with Crippen molar-refractivity contribution in [3.05, 3.63) is 108 Å². The van der Waals surface area contributed by atoms with E-state index in [1.807, 2.05) is 72.6 Å². The van der Waals surface area contributed by atoms with Gasteiger partial charge in [0.2, 0.25) is 0 Å². The van der Waals surface area contributed by atoms with E-state index in [2.05, 4.69) is 29.3 Å². The van der Waals surface area contributed by atoms with Crippen LogP contribution in [0.15, 0.2) is 102 Å². The van der Waals surface area contributed by atoms with Crippen LogP contribution < -0.4 is 0 Å². The monoisotopic (exact) mass is 370 g/mol. The number of fused-ring (bicyclic) bond motifs is 1. The number of benzene rings is 2. The summed E-state index contributed by atoms with van der Waals surface area (Å²) in [6.45, 7) is 1.88. The number of amides is 1. The van der Waals surface area contributed by atoms with Crippen molar-refractivity contribution >= 4 is 11.7 Å². The third kappa shape index (κ3) is 3.29. The van der Waals surface area contributed by atoms with Gasteiger partial charge in [0.25, 0.3) is 5.91 Å². The maximum atomic E-state index is 13.3. The van der Waals surface area contributed by atoms with E-state index >= 15 is 0 Å². The molecule has 2 aliphatic heterocycles. The summed E-state index contributed by atoms with van der Waals surface area (Å²) in [7, 11) is 0. The average Bonchev–Trinajstić information content (AvgIpc) is 3.00. The quantitative estimate of drug-likeness (QED) is 0.707. The predicted molar refractivity (Wildman–Crippen MR) is 110 cm³/mol. The lowest BCUT2D eigenvalue weighted by Gasteiger charge is -2.37. The summed E-state index contributed by atoms with van der Waals surface area (Å²) in [5.74, 6) is 1.01. The van der Waals surface area contributed by atoms with Gasteiger partial charge in [0.15, 0.2) is 11.6 Å². The maximum absolute atomic E-state index is 13.3. The van der Waals surface area contributed by atoms with E-state index in [4.69, 9.17) is 4.74 Å². The molecule has 2 aliphatic rings. The van der Waals surface area contributed by atoms with Gasteiger partial charge in [-0.25, -0.2) is 0 Å². The van der Waals surface area contributed by atoms with E-state index in [1.54, 1.807) is 6.26 Å². The van der Waals surface area contributed by atoms with Crippen LogP contribution in [-0.4, -0.2) is 22.2 Å². The molecule has 4 heteroatoms. The lowest BCUT2D eigenvalue weighted by atomic mass is 9.83. The molecule has 0 bridgehead atoms. The van der Waals surface area contributed by atoms with Crippen LogP contribution in [-0.2, 0) is 22.4 Å². The van der Waals surface area contributed by atoms with E-state index in [0.29, 0.717) is 24.4 Å². The number of allylic oxidation sites excluding steroid dienone is 3. The molecule has 0 spiro atoms. The number of carbonyl (C=O) groups is 1. The second-order valence-corrected chi connectivity index (χ2v) is 6.93. The molecule has 0 radical (unpaired) electrons. The van der Waals surface area contributed by atoms with Crippen LogP contribution in [0.25, 0.3) is 0 Å². The van der Waals surface area contributed by atoms with Gasteiger partial charge >= 0.3 is 0 Å². The Bertz CT molecular complexity index is 931. The Morgan fingerprint density at radius 2 is 1.61 bits per heavy atom. The van der Waals surface area contributed by atoms with Gasteiger partial charge < -0.3 is 9.64 Å². The Hall–Kier alpha value is -3.40. The molecule has 140 valence electrons. The molecule has 0 N–H and O–H groups in total. The second kappa shape index (κ2) is 7.69. The first-order chi connectivity index (χ1) is 13.7. The Morgan fingerprint density at radius 1 is 1.00 bits per heavy atom. The lowest BCUT2D eigenvalue weighted by molar-refractivity contribution is -0.124. The molecule has 4 nitrogen and oxygen atoms in total. The first-order valence-electron chi connectivity index (χ1n) is 9.40. The molecule has 2 heterocycles. The highest BCUT2D eigenvalue weighted by Gasteiger charge is 2.51. The third-order valence-electron chi connectivity index (χ3n) is 5.01. The smallest absolute Gasteiger partial charge is 0.274 e. The molecule has 2 aromatic carbocycles. The number of carbonyl (C=O) groups excluding carboxylic acids is 1. The molecule has 0 aromatic heterocycles. The van der Waals surface area contributed by atoms with Crippen molar-refractivity contribution in [1.82, 2.24) is 4.90 Å². The van der Waals surface area contributed by atoms with Gasteiger partial charge in [-0.3, -0.25) is 4.79 Å². The lowest BCUT2D eigenvalue weighted by Crippen LogP contribution is -2.53. The van der Waals surface area contributed by atoms with Crippen molar-refractivity contribution in [2.75, 3.05) is 0 Å². The summed E-state index contributed by atoms with van der Waals surface area (Å²) in [6.07, 6.45) is 10.2. The molecule has 4 rings (SSSR count). The van der Waals surface area contributed by atoms with Gasteiger partial charge in [0, 0.05) is 19.0 Å². The van der Waals surface area contributed by atoms with Crippen LogP contribution in [0.2, 0.25) is 0 Å². The van der Waals surface area contributed by atoms with Gasteiger partial charge in [0.05, 0.1) is 6.26 Å². The molecule has 0 saturated heterocycles. The Morgan fingerprint density at radius 3 is 2.18 bits per heavy atom. The first-order valence-corrected chi connectivity index (χ1v) is 9.40. The normalized spacial score (nSPS) is 17.5. The van der Waals surface area contributed by atoms with Gasteiger partial charge in [-0.05, 0) is 30.2 Å². The largest absolute Gasteiger partial charge is 0.461 e. The number of aliphatic imine (C=N–C) groups is 1. The molecule has 2 aromatic rings. The van der Waals surface area contributed by atoms with Crippen LogP contribution in [0, 0.1) is 0 Å². The van der Waals surface area contributed by atoms with Crippen molar-refractivity contribution in [2.24, 2.45) is 4.99 Å². The molecule has 0 saturated carbocycles. The summed E-state index contributed by atoms with van der Waals surface area (Å²) in [5.41, 5.74) is 1.39. The predicted octanol–water partition coefficient (Wildman–Crippen LogP) is 4.41. The fraction of sp³-hybridized carbons (Fsp3) is 0.167. The van der Waals surface area contributed by atoms with E-state index in [0.717, 1.165) is 11.1 Å². The third-order valence-corrected chi connectivity index (χ3v) is 5.01. The number of hydrogen-bond acceptors (Lipinski definition) is 3. The van der Waals surface area contributed by atoms with E-state index in [-0.39, 0.29) is 5.91 Å².